The lowest BCUT2D eigenvalue weighted by molar-refractivity contribution is 0.170. The molecule has 0 aliphatic carbocycles. The molecule has 0 saturated carbocycles. The largest absolute Gasteiger partial charge is 0.389 e. The molecule has 0 aromatic carbocycles. The van der Waals surface area contributed by atoms with E-state index in [4.69, 9.17) is 9.47 Å². The zero-order valence-electron chi connectivity index (χ0n) is 12.2. The lowest BCUT2D eigenvalue weighted by Crippen LogP contribution is -2.39. The quantitative estimate of drug-likeness (QED) is 0.776. The molecule has 0 bridgehead atoms. The van der Waals surface area contributed by atoms with Gasteiger partial charge in [0.05, 0.1) is 25.4 Å². The van der Waals surface area contributed by atoms with Gasteiger partial charge in [-0.3, -0.25) is 0 Å². The van der Waals surface area contributed by atoms with Crippen molar-refractivity contribution in [3.63, 3.8) is 0 Å². The van der Waals surface area contributed by atoms with E-state index in [0.29, 0.717) is 13.2 Å². The molecule has 108 valence electrons. The normalized spacial score (nSPS) is 14.2. The van der Waals surface area contributed by atoms with Gasteiger partial charge >= 0.3 is 0 Å². The molecule has 0 aliphatic heterocycles. The van der Waals surface area contributed by atoms with Crippen molar-refractivity contribution in [1.29, 1.82) is 0 Å². The molecule has 1 N–H and O–H groups in total. The molecule has 0 amide bonds. The van der Waals surface area contributed by atoms with E-state index in [0.717, 1.165) is 17.9 Å². The van der Waals surface area contributed by atoms with E-state index in [2.05, 4.69) is 16.8 Å². The molecule has 2 unspecified atom stereocenters. The standard InChI is InChI=1S/C14H24N2O3/c1-11(10-19-4)16(7-8-18-3)14-9-13(12(2)17)5-6-15-14/h5-6,9,11-12,17H,7-8,10H2,1-4H3. The summed E-state index contributed by atoms with van der Waals surface area (Å²) in [4.78, 5) is 6.51. The maximum atomic E-state index is 9.65. The van der Waals surface area contributed by atoms with Crippen LogP contribution in [0.5, 0.6) is 0 Å². The highest BCUT2D eigenvalue weighted by Gasteiger charge is 2.16. The smallest absolute Gasteiger partial charge is 0.129 e. The van der Waals surface area contributed by atoms with Crippen LogP contribution >= 0.6 is 0 Å². The molecule has 0 saturated heterocycles. The van der Waals surface area contributed by atoms with Crippen LogP contribution in [0.15, 0.2) is 18.3 Å². The van der Waals surface area contributed by atoms with Crippen LogP contribution < -0.4 is 4.90 Å². The van der Waals surface area contributed by atoms with Crippen molar-refractivity contribution in [2.75, 3.05) is 38.9 Å². The van der Waals surface area contributed by atoms with Gasteiger partial charge in [-0.15, -0.1) is 0 Å². The SMILES string of the molecule is COCCN(c1cc(C(C)O)ccn1)C(C)COC. The van der Waals surface area contributed by atoms with Crippen molar-refractivity contribution in [1.82, 2.24) is 4.98 Å². The zero-order chi connectivity index (χ0) is 14.3. The predicted molar refractivity (Wildman–Crippen MR) is 75.4 cm³/mol. The lowest BCUT2D eigenvalue weighted by atomic mass is 10.1. The molecule has 0 aliphatic rings. The monoisotopic (exact) mass is 268 g/mol. The number of aliphatic hydroxyl groups is 1. The van der Waals surface area contributed by atoms with E-state index >= 15 is 0 Å². The Kier molecular flexibility index (Phi) is 6.77. The van der Waals surface area contributed by atoms with Crippen molar-refractivity contribution in [3.05, 3.63) is 23.9 Å². The van der Waals surface area contributed by atoms with Crippen molar-refractivity contribution in [2.45, 2.75) is 26.0 Å². The molecule has 19 heavy (non-hydrogen) atoms. The Bertz CT molecular complexity index is 371. The Morgan fingerprint density at radius 3 is 2.63 bits per heavy atom. The predicted octanol–water partition coefficient (Wildman–Crippen LogP) is 1.62. The molecule has 1 rings (SSSR count). The summed E-state index contributed by atoms with van der Waals surface area (Å²) in [5.74, 6) is 0.833. The molecule has 0 fully saturated rings. The lowest BCUT2D eigenvalue weighted by Gasteiger charge is -2.30. The molecule has 5 nitrogen and oxygen atoms in total. The Morgan fingerprint density at radius 1 is 1.32 bits per heavy atom. The summed E-state index contributed by atoms with van der Waals surface area (Å²) in [6.07, 6.45) is 1.22. The number of hydrogen-bond acceptors (Lipinski definition) is 5. The first-order valence-electron chi connectivity index (χ1n) is 6.48. The van der Waals surface area contributed by atoms with Crippen molar-refractivity contribution in [3.8, 4) is 0 Å². The summed E-state index contributed by atoms with van der Waals surface area (Å²) in [6.45, 7) is 5.79. The van der Waals surface area contributed by atoms with Gasteiger partial charge in [-0.1, -0.05) is 0 Å². The van der Waals surface area contributed by atoms with Gasteiger partial charge in [0.25, 0.3) is 0 Å². The second kappa shape index (κ2) is 8.09. The molecule has 1 aromatic heterocycles. The molecule has 5 heteroatoms. The summed E-state index contributed by atoms with van der Waals surface area (Å²) < 4.78 is 10.3. The number of rotatable bonds is 8. The number of ether oxygens (including phenoxy) is 2. The molecular weight excluding hydrogens is 244 g/mol. The number of methoxy groups -OCH3 is 2. The second-order valence-electron chi connectivity index (χ2n) is 4.61. The minimum atomic E-state index is -0.497. The van der Waals surface area contributed by atoms with Gasteiger partial charge in [0, 0.05) is 27.0 Å². The second-order valence-corrected chi connectivity index (χ2v) is 4.61. The van der Waals surface area contributed by atoms with E-state index in [9.17, 15) is 5.11 Å². The third-order valence-electron chi connectivity index (χ3n) is 3.02. The Hall–Kier alpha value is -1.17. The Labute approximate surface area is 115 Å². The molecule has 1 aromatic rings. The number of hydrogen-bond donors (Lipinski definition) is 1. The van der Waals surface area contributed by atoms with Gasteiger partial charge in [-0.25, -0.2) is 4.98 Å². The third-order valence-corrected chi connectivity index (χ3v) is 3.02. The topological polar surface area (TPSA) is 54.8 Å². The maximum absolute atomic E-state index is 9.65. The van der Waals surface area contributed by atoms with E-state index in [-0.39, 0.29) is 6.04 Å². The highest BCUT2D eigenvalue weighted by atomic mass is 16.5. The van der Waals surface area contributed by atoms with Crippen LogP contribution in [-0.4, -0.2) is 50.1 Å². The van der Waals surface area contributed by atoms with Crippen LogP contribution in [0.4, 0.5) is 5.82 Å². The van der Waals surface area contributed by atoms with Crippen LogP contribution in [0.3, 0.4) is 0 Å². The highest BCUT2D eigenvalue weighted by Crippen LogP contribution is 2.19. The van der Waals surface area contributed by atoms with E-state index in [1.165, 1.54) is 0 Å². The number of aliphatic hydroxyl groups excluding tert-OH is 1. The third kappa shape index (κ3) is 4.78. The van der Waals surface area contributed by atoms with Crippen molar-refractivity contribution in [2.24, 2.45) is 0 Å². The average Bonchev–Trinajstić information content (AvgIpc) is 2.40. The minimum Gasteiger partial charge on any atom is -0.389 e. The van der Waals surface area contributed by atoms with Crippen LogP contribution in [-0.2, 0) is 9.47 Å². The van der Waals surface area contributed by atoms with Crippen molar-refractivity contribution >= 4 is 5.82 Å². The van der Waals surface area contributed by atoms with E-state index < -0.39 is 6.10 Å². The molecule has 1 heterocycles. The fraction of sp³-hybridized carbons (Fsp3) is 0.643. The van der Waals surface area contributed by atoms with Gasteiger partial charge in [0.1, 0.15) is 5.82 Å². The van der Waals surface area contributed by atoms with Crippen LogP contribution in [0.25, 0.3) is 0 Å². The summed E-state index contributed by atoms with van der Waals surface area (Å²) in [7, 11) is 3.36. The Balaban J connectivity index is 2.92. The maximum Gasteiger partial charge on any atom is 0.129 e. The molecule has 0 radical (unpaired) electrons. The first-order valence-corrected chi connectivity index (χ1v) is 6.48. The van der Waals surface area contributed by atoms with Crippen molar-refractivity contribution < 1.29 is 14.6 Å². The average molecular weight is 268 g/mol. The molecule has 0 spiro atoms. The number of pyridine rings is 1. The molecular formula is C14H24N2O3. The fourth-order valence-corrected chi connectivity index (χ4v) is 1.93. The van der Waals surface area contributed by atoms with Crippen LogP contribution in [0.1, 0.15) is 25.5 Å². The van der Waals surface area contributed by atoms with Gasteiger partial charge in [-0.05, 0) is 31.5 Å². The van der Waals surface area contributed by atoms with Gasteiger partial charge in [0.2, 0.25) is 0 Å². The zero-order valence-corrected chi connectivity index (χ0v) is 12.2. The first-order chi connectivity index (χ1) is 9.10. The number of nitrogens with zero attached hydrogens (tertiary/aromatic N) is 2. The van der Waals surface area contributed by atoms with Crippen LogP contribution in [0, 0.1) is 0 Å². The molecule has 2 atom stereocenters. The van der Waals surface area contributed by atoms with E-state index in [1.54, 1.807) is 27.3 Å². The fourth-order valence-electron chi connectivity index (χ4n) is 1.93. The van der Waals surface area contributed by atoms with Crippen LogP contribution in [0.2, 0.25) is 0 Å². The van der Waals surface area contributed by atoms with Gasteiger partial charge in [-0.2, -0.15) is 0 Å². The minimum absolute atomic E-state index is 0.192. The van der Waals surface area contributed by atoms with Gasteiger partial charge < -0.3 is 19.5 Å². The Morgan fingerprint density at radius 2 is 2.05 bits per heavy atom. The first kappa shape index (κ1) is 15.9. The highest BCUT2D eigenvalue weighted by molar-refractivity contribution is 5.42. The summed E-state index contributed by atoms with van der Waals surface area (Å²) in [5.41, 5.74) is 0.858. The van der Waals surface area contributed by atoms with E-state index in [1.807, 2.05) is 12.1 Å². The summed E-state index contributed by atoms with van der Waals surface area (Å²) in [6, 6.07) is 3.92. The van der Waals surface area contributed by atoms with Gasteiger partial charge in [0.15, 0.2) is 0 Å². The summed E-state index contributed by atoms with van der Waals surface area (Å²) >= 11 is 0. The number of anilines is 1. The summed E-state index contributed by atoms with van der Waals surface area (Å²) in [5, 5.41) is 9.65. The number of aromatic nitrogens is 1.